The number of benzene rings is 1. The standard InChI is InChI=1S/C17H23ClN2O4S/c18-14-8-7-13(25(22,23)20-9-3-1-2-4-10-20)12-15(14)19-17(21)16-6-5-11-24-16/h7-8,12,16H,1-6,9-11H2,(H,19,21)/t16-/m0/s1. The van der Waals surface area contributed by atoms with Crippen molar-refractivity contribution >= 4 is 33.2 Å². The fourth-order valence-corrected chi connectivity index (χ4v) is 4.90. The van der Waals surface area contributed by atoms with Crippen molar-refractivity contribution < 1.29 is 17.9 Å². The second-order valence-electron chi connectivity index (χ2n) is 6.45. The topological polar surface area (TPSA) is 75.7 Å². The lowest BCUT2D eigenvalue weighted by molar-refractivity contribution is -0.124. The number of sulfonamides is 1. The van der Waals surface area contributed by atoms with Crippen LogP contribution in [0, 0.1) is 0 Å². The fraction of sp³-hybridized carbons (Fsp3) is 0.588. The van der Waals surface area contributed by atoms with E-state index in [2.05, 4.69) is 5.32 Å². The number of nitrogens with one attached hydrogen (secondary N) is 1. The Morgan fingerprint density at radius 3 is 2.52 bits per heavy atom. The summed E-state index contributed by atoms with van der Waals surface area (Å²) in [6, 6.07) is 4.44. The van der Waals surface area contributed by atoms with Gasteiger partial charge in [0.2, 0.25) is 10.0 Å². The lowest BCUT2D eigenvalue weighted by atomic mass is 10.2. The van der Waals surface area contributed by atoms with E-state index in [1.807, 2.05) is 0 Å². The molecular weight excluding hydrogens is 364 g/mol. The molecule has 2 fully saturated rings. The monoisotopic (exact) mass is 386 g/mol. The predicted molar refractivity (Wildman–Crippen MR) is 96.3 cm³/mol. The van der Waals surface area contributed by atoms with Gasteiger partial charge < -0.3 is 10.1 Å². The van der Waals surface area contributed by atoms with Crippen LogP contribution in [0.4, 0.5) is 5.69 Å². The van der Waals surface area contributed by atoms with Gasteiger partial charge in [-0.2, -0.15) is 4.31 Å². The zero-order valence-electron chi connectivity index (χ0n) is 14.0. The number of nitrogens with zero attached hydrogens (tertiary/aromatic N) is 1. The number of ether oxygens (including phenoxy) is 1. The largest absolute Gasteiger partial charge is 0.368 e. The SMILES string of the molecule is O=C(Nc1cc(S(=O)(=O)N2CCCCCC2)ccc1Cl)[C@@H]1CCCO1. The summed E-state index contributed by atoms with van der Waals surface area (Å²) in [6.07, 6.45) is 4.85. The molecule has 8 heteroatoms. The summed E-state index contributed by atoms with van der Waals surface area (Å²) >= 11 is 6.15. The van der Waals surface area contributed by atoms with E-state index >= 15 is 0 Å². The van der Waals surface area contributed by atoms with Crippen molar-refractivity contribution in [1.82, 2.24) is 4.31 Å². The number of carbonyl (C=O) groups excluding carboxylic acids is 1. The van der Waals surface area contributed by atoms with Gasteiger partial charge in [-0.05, 0) is 43.9 Å². The maximum atomic E-state index is 12.9. The molecule has 0 aromatic heterocycles. The Labute approximate surface area is 153 Å². The molecule has 0 unspecified atom stereocenters. The number of rotatable bonds is 4. The molecule has 2 aliphatic heterocycles. The quantitative estimate of drug-likeness (QED) is 0.862. The number of hydrogen-bond acceptors (Lipinski definition) is 4. The predicted octanol–water partition coefficient (Wildman–Crippen LogP) is 3.02. The molecule has 1 aromatic rings. The first-order valence-electron chi connectivity index (χ1n) is 8.70. The normalized spacial score (nSPS) is 22.5. The molecule has 2 aliphatic rings. The molecule has 0 bridgehead atoms. The van der Waals surface area contributed by atoms with Gasteiger partial charge in [-0.15, -0.1) is 0 Å². The van der Waals surface area contributed by atoms with Gasteiger partial charge in [0.25, 0.3) is 5.91 Å². The van der Waals surface area contributed by atoms with Crippen LogP contribution in [0.1, 0.15) is 38.5 Å². The van der Waals surface area contributed by atoms with Crippen molar-refractivity contribution in [3.63, 3.8) is 0 Å². The maximum absolute atomic E-state index is 12.9. The zero-order chi connectivity index (χ0) is 17.9. The summed E-state index contributed by atoms with van der Waals surface area (Å²) in [5, 5.41) is 3.01. The number of carbonyl (C=O) groups is 1. The molecule has 1 N–H and O–H groups in total. The van der Waals surface area contributed by atoms with Crippen molar-refractivity contribution in [2.24, 2.45) is 0 Å². The van der Waals surface area contributed by atoms with E-state index in [9.17, 15) is 13.2 Å². The molecule has 1 amide bonds. The highest BCUT2D eigenvalue weighted by Crippen LogP contribution is 2.28. The van der Waals surface area contributed by atoms with E-state index in [1.54, 1.807) is 0 Å². The highest BCUT2D eigenvalue weighted by atomic mass is 35.5. The molecule has 3 rings (SSSR count). The molecular formula is C17H23ClN2O4S. The maximum Gasteiger partial charge on any atom is 0.253 e. The summed E-state index contributed by atoms with van der Waals surface area (Å²) in [4.78, 5) is 12.4. The lowest BCUT2D eigenvalue weighted by Crippen LogP contribution is -2.32. The van der Waals surface area contributed by atoms with E-state index in [0.29, 0.717) is 36.8 Å². The van der Waals surface area contributed by atoms with Crippen LogP contribution in [0.15, 0.2) is 23.1 Å². The van der Waals surface area contributed by atoms with Crippen molar-refractivity contribution in [3.8, 4) is 0 Å². The molecule has 1 atom stereocenters. The highest BCUT2D eigenvalue weighted by molar-refractivity contribution is 7.89. The van der Waals surface area contributed by atoms with Gasteiger partial charge in [0.05, 0.1) is 15.6 Å². The Morgan fingerprint density at radius 2 is 1.88 bits per heavy atom. The van der Waals surface area contributed by atoms with E-state index in [4.69, 9.17) is 16.3 Å². The summed E-state index contributed by atoms with van der Waals surface area (Å²) in [5.41, 5.74) is 0.304. The minimum absolute atomic E-state index is 0.154. The summed E-state index contributed by atoms with van der Waals surface area (Å²) in [5.74, 6) is -0.288. The van der Waals surface area contributed by atoms with Crippen molar-refractivity contribution in [2.75, 3.05) is 25.0 Å². The number of amides is 1. The highest BCUT2D eigenvalue weighted by Gasteiger charge is 2.27. The molecule has 2 saturated heterocycles. The number of halogens is 1. The third-order valence-corrected chi connectivity index (χ3v) is 6.84. The molecule has 0 spiro atoms. The lowest BCUT2D eigenvalue weighted by Gasteiger charge is -2.20. The summed E-state index contributed by atoms with van der Waals surface area (Å²) in [6.45, 7) is 1.63. The minimum atomic E-state index is -3.59. The molecule has 1 aromatic carbocycles. The van der Waals surface area contributed by atoms with Gasteiger partial charge in [0, 0.05) is 19.7 Å². The van der Waals surface area contributed by atoms with Crippen LogP contribution in [-0.4, -0.2) is 44.4 Å². The molecule has 0 radical (unpaired) electrons. The first kappa shape index (κ1) is 18.6. The third kappa shape index (κ3) is 4.34. The van der Waals surface area contributed by atoms with Gasteiger partial charge in [0.1, 0.15) is 6.10 Å². The fourth-order valence-electron chi connectivity index (χ4n) is 3.19. The Bertz CT molecular complexity index is 724. The van der Waals surface area contributed by atoms with Crippen molar-refractivity contribution in [1.29, 1.82) is 0 Å². The van der Waals surface area contributed by atoms with Crippen LogP contribution in [0.2, 0.25) is 5.02 Å². The van der Waals surface area contributed by atoms with Crippen molar-refractivity contribution in [2.45, 2.75) is 49.5 Å². The summed E-state index contributed by atoms with van der Waals surface area (Å²) < 4.78 is 32.7. The molecule has 25 heavy (non-hydrogen) atoms. The van der Waals surface area contributed by atoms with Gasteiger partial charge >= 0.3 is 0 Å². The smallest absolute Gasteiger partial charge is 0.253 e. The van der Waals surface area contributed by atoms with E-state index in [1.165, 1.54) is 22.5 Å². The molecule has 0 saturated carbocycles. The van der Waals surface area contributed by atoms with Crippen LogP contribution in [-0.2, 0) is 19.6 Å². The van der Waals surface area contributed by atoms with E-state index < -0.39 is 16.1 Å². The van der Waals surface area contributed by atoms with Gasteiger partial charge in [-0.25, -0.2) is 8.42 Å². The van der Waals surface area contributed by atoms with Gasteiger partial charge in [-0.3, -0.25) is 4.79 Å². The zero-order valence-corrected chi connectivity index (χ0v) is 15.6. The molecule has 6 nitrogen and oxygen atoms in total. The summed E-state index contributed by atoms with van der Waals surface area (Å²) in [7, 11) is -3.59. The first-order chi connectivity index (χ1) is 12.0. The van der Waals surface area contributed by atoms with Crippen LogP contribution in [0.25, 0.3) is 0 Å². The Hall–Kier alpha value is -1.15. The number of anilines is 1. The average molecular weight is 387 g/mol. The third-order valence-electron chi connectivity index (χ3n) is 4.62. The first-order valence-corrected chi connectivity index (χ1v) is 10.5. The van der Waals surface area contributed by atoms with E-state index in [0.717, 1.165) is 32.1 Å². The van der Waals surface area contributed by atoms with Crippen molar-refractivity contribution in [3.05, 3.63) is 23.2 Å². The second-order valence-corrected chi connectivity index (χ2v) is 8.80. The second kappa shape index (κ2) is 8.03. The van der Waals surface area contributed by atoms with Crippen LogP contribution >= 0.6 is 11.6 Å². The van der Waals surface area contributed by atoms with Crippen LogP contribution in [0.5, 0.6) is 0 Å². The number of hydrogen-bond donors (Lipinski definition) is 1. The Balaban J connectivity index is 1.81. The van der Waals surface area contributed by atoms with Gasteiger partial charge in [0.15, 0.2) is 0 Å². The van der Waals surface area contributed by atoms with Gasteiger partial charge in [-0.1, -0.05) is 24.4 Å². The van der Waals surface area contributed by atoms with E-state index in [-0.39, 0.29) is 10.8 Å². The minimum Gasteiger partial charge on any atom is -0.368 e. The average Bonchev–Trinajstić information content (AvgIpc) is 2.98. The van der Waals surface area contributed by atoms with Crippen LogP contribution < -0.4 is 5.32 Å². The molecule has 138 valence electrons. The molecule has 2 heterocycles. The Kier molecular flexibility index (Phi) is 5.99. The molecule has 0 aliphatic carbocycles. The Morgan fingerprint density at radius 1 is 1.16 bits per heavy atom. The van der Waals surface area contributed by atoms with Crippen LogP contribution in [0.3, 0.4) is 0 Å².